The molecule has 1 aromatic heterocycles. The van der Waals surface area contributed by atoms with Crippen molar-refractivity contribution in [3.8, 4) is 0 Å². The molecule has 0 aliphatic rings. The number of hydrogen-bond donors (Lipinski definition) is 1. The molecular weight excluding hydrogens is 178 g/mol. The Morgan fingerprint density at radius 3 is 2.57 bits per heavy atom. The quantitative estimate of drug-likeness (QED) is 0.735. The van der Waals surface area contributed by atoms with Crippen LogP contribution in [0.2, 0.25) is 0 Å². The van der Waals surface area contributed by atoms with Crippen LogP contribution in [0.4, 0.5) is 5.82 Å². The van der Waals surface area contributed by atoms with Gasteiger partial charge in [0.05, 0.1) is 0 Å². The van der Waals surface area contributed by atoms with Crippen LogP contribution in [0.1, 0.15) is 5.69 Å². The molecule has 0 amide bonds. The van der Waals surface area contributed by atoms with Crippen molar-refractivity contribution >= 4 is 11.4 Å². The van der Waals surface area contributed by atoms with Crippen LogP contribution < -0.4 is 5.73 Å². The summed E-state index contributed by atoms with van der Waals surface area (Å²) >= 11 is 0. The average molecular weight is 189 g/mol. The Kier molecular flexibility index (Phi) is 3.43. The molecule has 0 spiro atoms. The largest absolute Gasteiger partial charge is 0.379 e. The molecule has 0 saturated carbocycles. The number of allylic oxidation sites excluding steroid dienone is 6. The summed E-state index contributed by atoms with van der Waals surface area (Å²) in [5.41, 5.74) is 6.82. The third-order valence-corrected chi connectivity index (χ3v) is 1.50. The van der Waals surface area contributed by atoms with E-state index in [1.165, 1.54) is 0 Å². The van der Waals surface area contributed by atoms with Gasteiger partial charge in [-0.1, -0.05) is 43.5 Å². The third kappa shape index (κ3) is 2.20. The van der Waals surface area contributed by atoms with Crippen LogP contribution in [0.25, 0.3) is 5.57 Å². The lowest BCUT2D eigenvalue weighted by Crippen LogP contribution is -1.90. The first-order valence-corrected chi connectivity index (χ1v) is 3.99. The number of rotatable bonds is 4. The van der Waals surface area contributed by atoms with E-state index in [0.717, 1.165) is 5.57 Å². The molecule has 2 N–H and O–H groups in total. The fourth-order valence-corrected chi connectivity index (χ4v) is 0.908. The second kappa shape index (κ2) is 4.81. The summed E-state index contributed by atoms with van der Waals surface area (Å²) in [5.74, 6) is 0.256. The zero-order valence-electron chi connectivity index (χ0n) is 7.68. The van der Waals surface area contributed by atoms with Gasteiger partial charge in [-0.25, -0.2) is 4.63 Å². The van der Waals surface area contributed by atoms with Crippen LogP contribution >= 0.6 is 0 Å². The van der Waals surface area contributed by atoms with Crippen molar-refractivity contribution < 1.29 is 4.63 Å². The second-order valence-corrected chi connectivity index (χ2v) is 2.45. The van der Waals surface area contributed by atoms with Crippen LogP contribution in [-0.4, -0.2) is 10.3 Å². The van der Waals surface area contributed by atoms with Gasteiger partial charge >= 0.3 is 0 Å². The number of anilines is 1. The standard InChI is InChI=1S/C10H11N3O/c1-3-5-7-8(6-4-2)9-10(11)13-14-12-9/h3-7H,1-2H2,(H2,11,13)/b7-5-,8-6+. The van der Waals surface area contributed by atoms with Gasteiger partial charge in [-0.05, 0) is 10.3 Å². The van der Waals surface area contributed by atoms with Gasteiger partial charge in [0, 0.05) is 5.57 Å². The van der Waals surface area contributed by atoms with E-state index in [4.69, 9.17) is 5.73 Å². The Balaban J connectivity index is 3.06. The molecule has 4 heteroatoms. The van der Waals surface area contributed by atoms with Crippen LogP contribution in [-0.2, 0) is 0 Å². The molecule has 72 valence electrons. The van der Waals surface area contributed by atoms with Crippen molar-refractivity contribution in [2.45, 2.75) is 0 Å². The number of hydrogen-bond acceptors (Lipinski definition) is 4. The highest BCUT2D eigenvalue weighted by molar-refractivity contribution is 5.77. The minimum Gasteiger partial charge on any atom is -0.379 e. The predicted octanol–water partition coefficient (Wildman–Crippen LogP) is 1.96. The monoisotopic (exact) mass is 189 g/mol. The van der Waals surface area contributed by atoms with E-state index in [1.54, 1.807) is 30.4 Å². The molecule has 0 aromatic carbocycles. The van der Waals surface area contributed by atoms with Crippen LogP contribution in [0.15, 0.2) is 48.2 Å². The summed E-state index contributed by atoms with van der Waals surface area (Å²) in [7, 11) is 0. The average Bonchev–Trinajstić information content (AvgIpc) is 2.59. The van der Waals surface area contributed by atoms with Gasteiger partial charge < -0.3 is 5.73 Å². The number of nitrogen functional groups attached to an aromatic ring is 1. The lowest BCUT2D eigenvalue weighted by Gasteiger charge is -1.94. The number of aromatic nitrogens is 2. The van der Waals surface area contributed by atoms with Crippen molar-refractivity contribution in [1.29, 1.82) is 0 Å². The van der Waals surface area contributed by atoms with Crippen molar-refractivity contribution in [1.82, 2.24) is 10.3 Å². The summed E-state index contributed by atoms with van der Waals surface area (Å²) in [5, 5.41) is 7.16. The number of nitrogens with zero attached hydrogens (tertiary/aromatic N) is 2. The molecule has 0 radical (unpaired) electrons. The first-order valence-electron chi connectivity index (χ1n) is 3.99. The van der Waals surface area contributed by atoms with Crippen LogP contribution in [0, 0.1) is 0 Å². The summed E-state index contributed by atoms with van der Waals surface area (Å²) in [6.07, 6.45) is 8.61. The van der Waals surface area contributed by atoms with Crippen LogP contribution in [0.5, 0.6) is 0 Å². The molecule has 4 nitrogen and oxygen atoms in total. The normalized spacial score (nSPS) is 11.9. The van der Waals surface area contributed by atoms with Gasteiger partial charge in [0.2, 0.25) is 0 Å². The smallest absolute Gasteiger partial charge is 0.196 e. The summed E-state index contributed by atoms with van der Waals surface area (Å²) in [6, 6.07) is 0. The van der Waals surface area contributed by atoms with Gasteiger partial charge in [0.1, 0.15) is 0 Å². The van der Waals surface area contributed by atoms with E-state index in [2.05, 4.69) is 28.1 Å². The number of nitrogens with two attached hydrogens (primary N) is 1. The maximum absolute atomic E-state index is 5.54. The van der Waals surface area contributed by atoms with Crippen molar-refractivity contribution in [2.75, 3.05) is 5.73 Å². The Labute approximate surface area is 82.1 Å². The molecule has 0 fully saturated rings. The summed E-state index contributed by atoms with van der Waals surface area (Å²) < 4.78 is 4.49. The fraction of sp³-hybridized carbons (Fsp3) is 0. The molecule has 1 rings (SSSR count). The van der Waals surface area contributed by atoms with Crippen molar-refractivity contribution in [3.63, 3.8) is 0 Å². The fourth-order valence-electron chi connectivity index (χ4n) is 0.908. The van der Waals surface area contributed by atoms with Gasteiger partial charge in [-0.2, -0.15) is 0 Å². The maximum atomic E-state index is 5.54. The Morgan fingerprint density at radius 1 is 1.29 bits per heavy atom. The molecular formula is C10H11N3O. The summed E-state index contributed by atoms with van der Waals surface area (Å²) in [6.45, 7) is 7.16. The first-order chi connectivity index (χ1) is 6.79. The molecule has 1 aromatic rings. The van der Waals surface area contributed by atoms with E-state index in [-0.39, 0.29) is 5.82 Å². The van der Waals surface area contributed by atoms with Crippen molar-refractivity contribution in [2.24, 2.45) is 0 Å². The van der Waals surface area contributed by atoms with Crippen LogP contribution in [0.3, 0.4) is 0 Å². The highest BCUT2D eigenvalue weighted by Gasteiger charge is 2.08. The van der Waals surface area contributed by atoms with E-state index >= 15 is 0 Å². The van der Waals surface area contributed by atoms with Gasteiger partial charge in [-0.3, -0.25) is 0 Å². The lowest BCUT2D eigenvalue weighted by atomic mass is 10.1. The highest BCUT2D eigenvalue weighted by atomic mass is 16.6. The second-order valence-electron chi connectivity index (χ2n) is 2.45. The third-order valence-electron chi connectivity index (χ3n) is 1.50. The Bertz CT molecular complexity index is 388. The minimum atomic E-state index is 0.256. The maximum Gasteiger partial charge on any atom is 0.196 e. The molecule has 0 aliphatic heterocycles. The highest BCUT2D eigenvalue weighted by Crippen LogP contribution is 2.18. The minimum absolute atomic E-state index is 0.256. The Morgan fingerprint density at radius 2 is 2.07 bits per heavy atom. The van der Waals surface area contributed by atoms with Gasteiger partial charge in [0.25, 0.3) is 0 Å². The molecule has 0 aliphatic carbocycles. The molecule has 0 saturated heterocycles. The van der Waals surface area contributed by atoms with E-state index in [9.17, 15) is 0 Å². The van der Waals surface area contributed by atoms with E-state index < -0.39 is 0 Å². The first kappa shape index (κ1) is 9.98. The SMILES string of the molecule is C=C/C=C\C(=C/C=C)c1nonc1N. The topological polar surface area (TPSA) is 64.9 Å². The van der Waals surface area contributed by atoms with Gasteiger partial charge in [0.15, 0.2) is 11.5 Å². The lowest BCUT2D eigenvalue weighted by molar-refractivity contribution is 0.308. The molecule has 0 atom stereocenters. The molecule has 0 bridgehead atoms. The molecule has 1 heterocycles. The predicted molar refractivity (Wildman–Crippen MR) is 56.2 cm³/mol. The van der Waals surface area contributed by atoms with E-state index in [1.807, 2.05) is 0 Å². The molecule has 0 unspecified atom stereocenters. The van der Waals surface area contributed by atoms with Gasteiger partial charge in [-0.15, -0.1) is 0 Å². The molecule has 14 heavy (non-hydrogen) atoms. The zero-order chi connectivity index (χ0) is 10.4. The van der Waals surface area contributed by atoms with Crippen molar-refractivity contribution in [3.05, 3.63) is 49.2 Å². The van der Waals surface area contributed by atoms with E-state index in [0.29, 0.717) is 5.69 Å². The zero-order valence-corrected chi connectivity index (χ0v) is 7.68. The Hall–Kier alpha value is -2.10. The summed E-state index contributed by atoms with van der Waals surface area (Å²) in [4.78, 5) is 0.